The molecule has 1 aromatic heterocycles. The average Bonchev–Trinajstić information content (AvgIpc) is 2.79. The number of rotatable bonds is 5. The summed E-state index contributed by atoms with van der Waals surface area (Å²) in [5.74, 6) is 0.472. The van der Waals surface area contributed by atoms with Gasteiger partial charge >= 0.3 is 0 Å². The van der Waals surface area contributed by atoms with E-state index in [0.29, 0.717) is 22.3 Å². The van der Waals surface area contributed by atoms with Crippen LogP contribution in [0.4, 0.5) is 5.82 Å². The predicted molar refractivity (Wildman–Crippen MR) is 74.2 cm³/mol. The van der Waals surface area contributed by atoms with Gasteiger partial charge in [-0.2, -0.15) is 0 Å². The lowest BCUT2D eigenvalue weighted by atomic mass is 10.00. The van der Waals surface area contributed by atoms with Crippen LogP contribution in [0.15, 0.2) is 12.3 Å². The first-order valence-electron chi connectivity index (χ1n) is 6.44. The van der Waals surface area contributed by atoms with Crippen LogP contribution < -0.4 is 11.1 Å². The summed E-state index contributed by atoms with van der Waals surface area (Å²) in [5, 5.41) is 12.7. The number of anilines is 1. The molecule has 19 heavy (non-hydrogen) atoms. The van der Waals surface area contributed by atoms with Crippen LogP contribution in [0.5, 0.6) is 0 Å². The first kappa shape index (κ1) is 14.1. The van der Waals surface area contributed by atoms with Crippen molar-refractivity contribution in [1.29, 1.82) is 0 Å². The molecule has 0 aliphatic heterocycles. The molecule has 1 aliphatic carbocycles. The highest BCUT2D eigenvalue weighted by atomic mass is 35.5. The molecule has 2 rings (SSSR count). The highest BCUT2D eigenvalue weighted by molar-refractivity contribution is 6.33. The third kappa shape index (κ3) is 3.36. The smallest absolute Gasteiger partial charge is 0.250 e. The Morgan fingerprint density at radius 1 is 1.58 bits per heavy atom. The van der Waals surface area contributed by atoms with Gasteiger partial charge in [0.1, 0.15) is 5.82 Å². The zero-order valence-corrected chi connectivity index (χ0v) is 11.4. The highest BCUT2D eigenvalue weighted by Crippen LogP contribution is 2.32. The largest absolute Gasteiger partial charge is 0.396 e. The van der Waals surface area contributed by atoms with Crippen LogP contribution in [0.25, 0.3) is 0 Å². The Bertz CT molecular complexity index is 467. The SMILES string of the molecule is NC(=O)c1cnc(NC2CCCC2CCO)c(Cl)c1. The number of amides is 1. The minimum Gasteiger partial charge on any atom is -0.396 e. The van der Waals surface area contributed by atoms with Crippen LogP contribution in [-0.4, -0.2) is 28.6 Å². The van der Waals surface area contributed by atoms with Gasteiger partial charge in [-0.05, 0) is 31.2 Å². The van der Waals surface area contributed by atoms with Gasteiger partial charge in [-0.25, -0.2) is 4.98 Å². The Balaban J connectivity index is 2.08. The standard InChI is InChI=1S/C13H18ClN3O2/c14-10-6-9(12(15)19)7-16-13(10)17-11-3-1-2-8(11)4-5-18/h6-8,11,18H,1-5H2,(H2,15,19)(H,16,17). The molecule has 4 N–H and O–H groups in total. The van der Waals surface area contributed by atoms with Crippen molar-refractivity contribution in [3.8, 4) is 0 Å². The third-order valence-electron chi connectivity index (χ3n) is 3.61. The predicted octanol–water partition coefficient (Wildman–Crippen LogP) is 1.80. The van der Waals surface area contributed by atoms with Crippen LogP contribution in [0.2, 0.25) is 5.02 Å². The molecular weight excluding hydrogens is 266 g/mol. The number of pyridine rings is 1. The molecule has 0 saturated heterocycles. The molecule has 1 saturated carbocycles. The maximum atomic E-state index is 11.0. The fourth-order valence-corrected chi connectivity index (χ4v) is 2.81. The Morgan fingerprint density at radius 2 is 2.37 bits per heavy atom. The molecular formula is C13H18ClN3O2. The van der Waals surface area contributed by atoms with E-state index in [1.807, 2.05) is 0 Å². The molecule has 0 bridgehead atoms. The van der Waals surface area contributed by atoms with Crippen molar-refractivity contribution in [1.82, 2.24) is 4.98 Å². The fourth-order valence-electron chi connectivity index (χ4n) is 2.59. The summed E-state index contributed by atoms with van der Waals surface area (Å²) in [5.41, 5.74) is 5.47. The Labute approximate surface area is 117 Å². The maximum Gasteiger partial charge on any atom is 0.250 e. The van der Waals surface area contributed by atoms with Gasteiger partial charge < -0.3 is 16.2 Å². The zero-order valence-electron chi connectivity index (χ0n) is 10.6. The average molecular weight is 284 g/mol. The van der Waals surface area contributed by atoms with E-state index in [-0.39, 0.29) is 12.6 Å². The van der Waals surface area contributed by atoms with Crippen LogP contribution in [0.3, 0.4) is 0 Å². The summed E-state index contributed by atoms with van der Waals surface area (Å²) in [6.45, 7) is 0.199. The molecule has 1 heterocycles. The third-order valence-corrected chi connectivity index (χ3v) is 3.89. The molecule has 1 aliphatic rings. The molecule has 1 fully saturated rings. The second-order valence-electron chi connectivity index (χ2n) is 4.87. The summed E-state index contributed by atoms with van der Waals surface area (Å²) in [6, 6.07) is 1.80. The number of aromatic nitrogens is 1. The number of primary amides is 1. The van der Waals surface area contributed by atoms with E-state index in [9.17, 15) is 4.79 Å². The number of hydrogen-bond donors (Lipinski definition) is 3. The number of halogens is 1. The molecule has 5 nitrogen and oxygen atoms in total. The zero-order chi connectivity index (χ0) is 13.8. The molecule has 1 aromatic rings. The molecule has 6 heteroatoms. The van der Waals surface area contributed by atoms with E-state index in [1.54, 1.807) is 0 Å². The minimum atomic E-state index is -0.542. The molecule has 1 amide bonds. The van der Waals surface area contributed by atoms with Gasteiger partial charge in [0.2, 0.25) is 5.91 Å². The van der Waals surface area contributed by atoms with Crippen molar-refractivity contribution in [3.63, 3.8) is 0 Å². The second-order valence-corrected chi connectivity index (χ2v) is 5.28. The number of nitrogens with one attached hydrogen (secondary N) is 1. The van der Waals surface area contributed by atoms with E-state index in [4.69, 9.17) is 22.4 Å². The van der Waals surface area contributed by atoms with E-state index in [2.05, 4.69) is 10.3 Å². The molecule has 0 radical (unpaired) electrons. The lowest BCUT2D eigenvalue weighted by molar-refractivity contribution is 0.1000. The van der Waals surface area contributed by atoms with Gasteiger partial charge in [0.25, 0.3) is 0 Å². The highest BCUT2D eigenvalue weighted by Gasteiger charge is 2.27. The number of carbonyl (C=O) groups is 1. The normalized spacial score (nSPS) is 22.4. The van der Waals surface area contributed by atoms with Gasteiger partial charge in [-0.1, -0.05) is 18.0 Å². The fraction of sp³-hybridized carbons (Fsp3) is 0.538. The van der Waals surface area contributed by atoms with Crippen LogP contribution in [0.1, 0.15) is 36.0 Å². The monoisotopic (exact) mass is 283 g/mol. The minimum absolute atomic E-state index is 0.199. The summed E-state index contributed by atoms with van der Waals surface area (Å²) < 4.78 is 0. The lowest BCUT2D eigenvalue weighted by Gasteiger charge is -2.21. The number of aliphatic hydroxyl groups is 1. The Kier molecular flexibility index (Phi) is 4.61. The van der Waals surface area contributed by atoms with Gasteiger partial charge in [-0.15, -0.1) is 0 Å². The summed E-state index contributed by atoms with van der Waals surface area (Å²) in [7, 11) is 0. The van der Waals surface area contributed by atoms with E-state index >= 15 is 0 Å². The molecule has 2 atom stereocenters. The molecule has 0 aromatic carbocycles. The van der Waals surface area contributed by atoms with Crippen LogP contribution in [0, 0.1) is 5.92 Å². The first-order chi connectivity index (χ1) is 9.11. The first-order valence-corrected chi connectivity index (χ1v) is 6.82. The van der Waals surface area contributed by atoms with E-state index < -0.39 is 5.91 Å². The van der Waals surface area contributed by atoms with E-state index in [1.165, 1.54) is 12.3 Å². The van der Waals surface area contributed by atoms with Crippen molar-refractivity contribution in [2.45, 2.75) is 31.7 Å². The van der Waals surface area contributed by atoms with Gasteiger partial charge in [-0.3, -0.25) is 4.79 Å². The summed E-state index contributed by atoms with van der Waals surface area (Å²) in [6.07, 6.45) is 5.50. The van der Waals surface area contributed by atoms with Gasteiger partial charge in [0, 0.05) is 18.8 Å². The number of nitrogens with zero attached hydrogens (tertiary/aromatic N) is 1. The van der Waals surface area contributed by atoms with Gasteiger partial charge in [0.15, 0.2) is 0 Å². The second kappa shape index (κ2) is 6.21. The number of nitrogens with two attached hydrogens (primary N) is 1. The maximum absolute atomic E-state index is 11.0. The molecule has 104 valence electrons. The quantitative estimate of drug-likeness (QED) is 0.769. The van der Waals surface area contributed by atoms with Crippen LogP contribution in [-0.2, 0) is 0 Å². The van der Waals surface area contributed by atoms with Crippen molar-refractivity contribution < 1.29 is 9.90 Å². The molecule has 0 spiro atoms. The number of aliphatic hydroxyl groups excluding tert-OH is 1. The number of carbonyl (C=O) groups excluding carboxylic acids is 1. The summed E-state index contributed by atoms with van der Waals surface area (Å²) in [4.78, 5) is 15.2. The van der Waals surface area contributed by atoms with Crippen molar-refractivity contribution in [2.24, 2.45) is 11.7 Å². The van der Waals surface area contributed by atoms with Crippen molar-refractivity contribution in [2.75, 3.05) is 11.9 Å². The van der Waals surface area contributed by atoms with E-state index in [0.717, 1.165) is 25.7 Å². The van der Waals surface area contributed by atoms with Gasteiger partial charge in [0.05, 0.1) is 10.6 Å². The summed E-state index contributed by atoms with van der Waals surface area (Å²) >= 11 is 6.09. The Morgan fingerprint density at radius 3 is 3.00 bits per heavy atom. The van der Waals surface area contributed by atoms with Crippen molar-refractivity contribution >= 4 is 23.3 Å². The van der Waals surface area contributed by atoms with Crippen molar-refractivity contribution in [3.05, 3.63) is 22.8 Å². The lowest BCUT2D eigenvalue weighted by Crippen LogP contribution is -2.25. The van der Waals surface area contributed by atoms with Crippen LogP contribution >= 0.6 is 11.6 Å². The Hall–Kier alpha value is -1.33. The molecule has 2 unspecified atom stereocenters. The topological polar surface area (TPSA) is 88.2 Å². The number of hydrogen-bond acceptors (Lipinski definition) is 4.